The van der Waals surface area contributed by atoms with E-state index in [4.69, 9.17) is 14.4 Å². The Kier molecular flexibility index (Phi) is 9.26. The lowest BCUT2D eigenvalue weighted by Gasteiger charge is -2.25. The third kappa shape index (κ3) is 7.50. The Morgan fingerprint density at radius 2 is 1.89 bits per heavy atom. The van der Waals surface area contributed by atoms with Crippen LogP contribution in [0.4, 0.5) is 0 Å². The molecule has 19 heavy (non-hydrogen) atoms. The molecule has 2 N–H and O–H groups in total. The Labute approximate surface area is 127 Å². The van der Waals surface area contributed by atoms with E-state index in [1.165, 1.54) is 6.92 Å². The average molecular weight is 306 g/mol. The molecule has 9 heteroatoms. The lowest BCUT2D eigenvalue weighted by atomic mass is 9.96. The molecule has 0 aliphatic heterocycles. The molecule has 0 fully saturated rings. The van der Waals surface area contributed by atoms with E-state index in [2.05, 4.69) is 13.5 Å². The summed E-state index contributed by atoms with van der Waals surface area (Å²) in [4.78, 5) is 21.6. The van der Waals surface area contributed by atoms with Crippen LogP contribution in [0.1, 0.15) is 13.3 Å². The van der Waals surface area contributed by atoms with E-state index in [1.807, 2.05) is 0 Å². The normalized spacial score (nSPS) is 15.5. The van der Waals surface area contributed by atoms with Gasteiger partial charge < -0.3 is 9.84 Å². The molecule has 0 saturated carbocycles. The fourth-order valence-electron chi connectivity index (χ4n) is 1.34. The molecule has 3 atom stereocenters. The molecule has 0 saturated heterocycles. The standard InChI is InChI=1S/C10H15O7S.Mg.2H/c1-4-10(13)17-6(2)8(5-9(11)12)7(3)18(14,15)16;;;/h4,6-8H,1,3,5H2,2H3,(H,11,12)(H,14,15,16);;;. The molecule has 0 aromatic heterocycles. The van der Waals surface area contributed by atoms with Gasteiger partial charge in [0.05, 0.1) is 11.7 Å². The largest absolute Gasteiger partial charge is 0.481 e. The van der Waals surface area contributed by atoms with Gasteiger partial charge in [0.1, 0.15) is 6.10 Å². The average Bonchev–Trinajstić information content (AvgIpc) is 2.22. The van der Waals surface area contributed by atoms with Crippen molar-refractivity contribution in [1.82, 2.24) is 0 Å². The summed E-state index contributed by atoms with van der Waals surface area (Å²) in [7, 11) is -4.53. The van der Waals surface area contributed by atoms with Crippen LogP contribution in [0.3, 0.4) is 0 Å². The number of hydrogen-bond donors (Lipinski definition) is 2. The first-order valence-electron chi connectivity index (χ1n) is 4.93. The number of carbonyl (C=O) groups is 2. The highest BCUT2D eigenvalue weighted by Crippen LogP contribution is 2.22. The number of hydrogen-bond acceptors (Lipinski definition) is 5. The van der Waals surface area contributed by atoms with Crippen molar-refractivity contribution in [2.75, 3.05) is 0 Å². The van der Waals surface area contributed by atoms with Crippen molar-refractivity contribution in [3.63, 3.8) is 0 Å². The third-order valence-electron chi connectivity index (χ3n) is 2.34. The summed E-state index contributed by atoms with van der Waals surface area (Å²) in [6.45, 7) is 7.67. The molecule has 1 radical (unpaired) electrons. The maximum absolute atomic E-state index is 11.0. The molecule has 0 aliphatic rings. The van der Waals surface area contributed by atoms with Crippen molar-refractivity contribution in [3.8, 4) is 0 Å². The van der Waals surface area contributed by atoms with Gasteiger partial charge in [0.25, 0.3) is 10.1 Å². The van der Waals surface area contributed by atoms with Crippen molar-refractivity contribution in [3.05, 3.63) is 19.6 Å². The second-order valence-corrected chi connectivity index (χ2v) is 5.30. The van der Waals surface area contributed by atoms with Crippen LogP contribution < -0.4 is 0 Å². The maximum atomic E-state index is 11.0. The van der Waals surface area contributed by atoms with Crippen LogP contribution in [0.25, 0.3) is 0 Å². The second-order valence-electron chi connectivity index (χ2n) is 3.66. The molecule has 3 unspecified atom stereocenters. The van der Waals surface area contributed by atoms with Crippen molar-refractivity contribution in [1.29, 1.82) is 0 Å². The first-order chi connectivity index (χ1) is 8.09. The molecule has 0 rings (SSSR count). The summed E-state index contributed by atoms with van der Waals surface area (Å²) in [5.41, 5.74) is 0. The van der Waals surface area contributed by atoms with Crippen molar-refractivity contribution in [2.45, 2.75) is 24.7 Å². The van der Waals surface area contributed by atoms with Crippen LogP contribution >= 0.6 is 0 Å². The molecule has 7 nitrogen and oxygen atoms in total. The molecule has 0 aliphatic carbocycles. The van der Waals surface area contributed by atoms with Crippen LogP contribution in [0.15, 0.2) is 12.7 Å². The number of carbonyl (C=O) groups excluding carboxylic acids is 1. The van der Waals surface area contributed by atoms with E-state index in [9.17, 15) is 18.0 Å². The van der Waals surface area contributed by atoms with Crippen LogP contribution in [0.2, 0.25) is 0 Å². The zero-order chi connectivity index (χ0) is 14.5. The van der Waals surface area contributed by atoms with E-state index < -0.39 is 45.7 Å². The zero-order valence-electron chi connectivity index (χ0n) is 9.77. The molecule has 107 valence electrons. The van der Waals surface area contributed by atoms with E-state index in [-0.39, 0.29) is 23.1 Å². The number of carboxylic acid groups (broad SMARTS) is 1. The first kappa shape index (κ1) is 20.7. The van der Waals surface area contributed by atoms with Gasteiger partial charge in [0.15, 0.2) is 0 Å². The third-order valence-corrected chi connectivity index (χ3v) is 3.46. The summed E-state index contributed by atoms with van der Waals surface area (Å²) in [5.74, 6) is -3.28. The summed E-state index contributed by atoms with van der Waals surface area (Å²) in [6.07, 6.45) is -0.796. The Morgan fingerprint density at radius 3 is 2.21 bits per heavy atom. The Balaban J connectivity index is 0. The molecule has 0 spiro atoms. The van der Waals surface area contributed by atoms with Crippen LogP contribution in [0.5, 0.6) is 0 Å². The minimum atomic E-state index is -4.53. The maximum Gasteiger partial charge on any atom is 0.330 e. The van der Waals surface area contributed by atoms with Gasteiger partial charge in [-0.1, -0.05) is 6.58 Å². The van der Waals surface area contributed by atoms with E-state index >= 15 is 0 Å². The Hall–Kier alpha value is -0.644. The minimum Gasteiger partial charge on any atom is -0.481 e. The van der Waals surface area contributed by atoms with Gasteiger partial charge in [-0.05, 0) is 13.8 Å². The number of ether oxygens (including phenoxy) is 1. The lowest BCUT2D eigenvalue weighted by molar-refractivity contribution is -0.148. The summed E-state index contributed by atoms with van der Waals surface area (Å²) < 4.78 is 35.5. The quantitative estimate of drug-likeness (QED) is 0.278. The lowest BCUT2D eigenvalue weighted by Crippen LogP contribution is -2.37. The molecule has 0 amide bonds. The van der Waals surface area contributed by atoms with Crippen molar-refractivity contribution < 1.29 is 32.4 Å². The van der Waals surface area contributed by atoms with E-state index in [0.717, 1.165) is 6.08 Å². The first-order valence-corrected chi connectivity index (χ1v) is 6.44. The Morgan fingerprint density at radius 1 is 1.42 bits per heavy atom. The zero-order valence-corrected chi connectivity index (χ0v) is 10.6. The molecule has 0 aromatic carbocycles. The fourth-order valence-corrected chi connectivity index (χ4v) is 2.10. The summed E-state index contributed by atoms with van der Waals surface area (Å²) in [6, 6.07) is 0. The van der Waals surface area contributed by atoms with Crippen molar-refractivity contribution >= 4 is 45.1 Å². The van der Waals surface area contributed by atoms with Crippen LogP contribution in [0, 0.1) is 12.8 Å². The minimum absolute atomic E-state index is 0. The van der Waals surface area contributed by atoms with Gasteiger partial charge in [-0.15, -0.1) is 0 Å². The number of carboxylic acids is 1. The Bertz CT molecular complexity index is 431. The molecule has 0 heterocycles. The SMILES string of the molecule is [CH2]C(C(CC(=O)O)C(C)OC(=O)C=C)S(=O)(=O)O.[MgH2]. The predicted molar refractivity (Wildman–Crippen MR) is 70.7 cm³/mol. The van der Waals surface area contributed by atoms with E-state index in [1.54, 1.807) is 0 Å². The second kappa shape index (κ2) is 8.51. The van der Waals surface area contributed by atoms with Gasteiger partial charge in [-0.25, -0.2) is 4.79 Å². The summed E-state index contributed by atoms with van der Waals surface area (Å²) >= 11 is 0. The van der Waals surface area contributed by atoms with Gasteiger partial charge in [-0.3, -0.25) is 9.35 Å². The highest BCUT2D eigenvalue weighted by Gasteiger charge is 2.35. The van der Waals surface area contributed by atoms with E-state index in [0.29, 0.717) is 0 Å². The molecular formula is C10H17MgO7S. The highest BCUT2D eigenvalue weighted by atomic mass is 32.2. The van der Waals surface area contributed by atoms with Crippen LogP contribution in [-0.2, 0) is 24.4 Å². The number of aliphatic carboxylic acids is 1. The molecule has 0 bridgehead atoms. The monoisotopic (exact) mass is 305 g/mol. The number of rotatable bonds is 7. The van der Waals surface area contributed by atoms with Gasteiger partial charge in [0.2, 0.25) is 0 Å². The fraction of sp³-hybridized carbons (Fsp3) is 0.500. The van der Waals surface area contributed by atoms with Gasteiger partial charge in [0, 0.05) is 12.0 Å². The van der Waals surface area contributed by atoms with Gasteiger partial charge >= 0.3 is 35.0 Å². The number of esters is 1. The van der Waals surface area contributed by atoms with Crippen molar-refractivity contribution in [2.24, 2.45) is 5.92 Å². The van der Waals surface area contributed by atoms with Gasteiger partial charge in [-0.2, -0.15) is 8.42 Å². The summed E-state index contributed by atoms with van der Waals surface area (Å²) in [5, 5.41) is 7.06. The topological polar surface area (TPSA) is 118 Å². The molecular weight excluding hydrogens is 288 g/mol. The molecule has 0 aromatic rings. The highest BCUT2D eigenvalue weighted by molar-refractivity contribution is 7.86. The van der Waals surface area contributed by atoms with Crippen LogP contribution in [-0.4, -0.2) is 64.4 Å². The smallest absolute Gasteiger partial charge is 0.330 e. The predicted octanol–water partition coefficient (Wildman–Crippen LogP) is -0.631.